The molecular formula is C13H16BrN5O2S. The first-order valence-electron chi connectivity index (χ1n) is 6.91. The maximum Gasteiger partial charge on any atom is 0.244 e. The van der Waals surface area contributed by atoms with Gasteiger partial charge in [0.25, 0.3) is 0 Å². The minimum Gasteiger partial charge on any atom is -0.383 e. The largest absolute Gasteiger partial charge is 0.383 e. The van der Waals surface area contributed by atoms with Crippen molar-refractivity contribution in [3.63, 3.8) is 0 Å². The van der Waals surface area contributed by atoms with Crippen molar-refractivity contribution in [2.75, 3.05) is 5.73 Å². The number of sulfonamides is 1. The number of aromatic nitrogens is 3. The Morgan fingerprint density at radius 1 is 1.41 bits per heavy atom. The van der Waals surface area contributed by atoms with Gasteiger partial charge in [-0.3, -0.25) is 0 Å². The molecule has 0 radical (unpaired) electrons. The Hall–Kier alpha value is -1.45. The fourth-order valence-electron chi connectivity index (χ4n) is 2.45. The number of hydrogen-bond donors (Lipinski definition) is 2. The first-order chi connectivity index (χ1) is 10.5. The van der Waals surface area contributed by atoms with Gasteiger partial charge < -0.3 is 10.3 Å². The number of hydrogen-bond acceptors (Lipinski definition) is 5. The number of nitrogen functional groups attached to an aromatic ring is 1. The molecule has 0 spiro atoms. The lowest BCUT2D eigenvalue weighted by molar-refractivity contribution is 0.522. The molecule has 7 nitrogen and oxygen atoms in total. The van der Waals surface area contributed by atoms with Crippen molar-refractivity contribution in [2.45, 2.75) is 37.2 Å². The summed E-state index contributed by atoms with van der Waals surface area (Å²) in [6, 6.07) is 1.43. The van der Waals surface area contributed by atoms with Gasteiger partial charge in [0.2, 0.25) is 10.0 Å². The zero-order valence-electron chi connectivity index (χ0n) is 11.8. The van der Waals surface area contributed by atoms with Crippen LogP contribution < -0.4 is 10.5 Å². The SMILES string of the molecule is Nc1ncc(Br)cc1S(=O)(=O)NCc1cn2c(n1)CCCC2. The van der Waals surface area contributed by atoms with E-state index in [-0.39, 0.29) is 17.3 Å². The maximum absolute atomic E-state index is 12.3. The molecule has 0 fully saturated rings. The Morgan fingerprint density at radius 2 is 2.23 bits per heavy atom. The number of imidazole rings is 1. The number of nitrogens with one attached hydrogen (secondary N) is 1. The van der Waals surface area contributed by atoms with Crippen LogP contribution in [0.3, 0.4) is 0 Å². The number of pyridine rings is 1. The van der Waals surface area contributed by atoms with Gasteiger partial charge in [0.1, 0.15) is 16.5 Å². The molecule has 2 aromatic heterocycles. The number of anilines is 1. The highest BCUT2D eigenvalue weighted by Gasteiger charge is 2.20. The molecule has 1 aliphatic rings. The van der Waals surface area contributed by atoms with Crippen molar-refractivity contribution >= 4 is 31.8 Å². The normalized spacial score (nSPS) is 14.8. The first-order valence-corrected chi connectivity index (χ1v) is 9.19. The van der Waals surface area contributed by atoms with E-state index in [1.54, 1.807) is 0 Å². The van der Waals surface area contributed by atoms with Gasteiger partial charge in [0.15, 0.2) is 0 Å². The number of aryl methyl sites for hydroxylation is 2. The highest BCUT2D eigenvalue weighted by atomic mass is 79.9. The molecule has 9 heteroatoms. The summed E-state index contributed by atoms with van der Waals surface area (Å²) in [5.74, 6) is 0.990. The third-order valence-electron chi connectivity index (χ3n) is 3.54. The van der Waals surface area contributed by atoms with Crippen molar-refractivity contribution in [2.24, 2.45) is 0 Å². The standard InChI is InChI=1S/C13H16BrN5O2S/c14-9-5-11(13(15)16-6-9)22(20,21)17-7-10-8-19-4-2-1-3-12(19)18-10/h5-6,8,17H,1-4,7H2,(H2,15,16). The number of rotatable bonds is 4. The Labute approximate surface area is 137 Å². The molecule has 0 amide bonds. The van der Waals surface area contributed by atoms with Crippen LogP contribution in [0.2, 0.25) is 0 Å². The van der Waals surface area contributed by atoms with Crippen molar-refractivity contribution in [3.8, 4) is 0 Å². The highest BCUT2D eigenvalue weighted by Crippen LogP contribution is 2.21. The number of nitrogens with zero attached hydrogens (tertiary/aromatic N) is 3. The van der Waals surface area contributed by atoms with Gasteiger partial charge in [-0.2, -0.15) is 0 Å². The zero-order valence-corrected chi connectivity index (χ0v) is 14.2. The van der Waals surface area contributed by atoms with Crippen molar-refractivity contribution in [3.05, 3.63) is 34.5 Å². The molecule has 3 rings (SSSR count). The van der Waals surface area contributed by atoms with E-state index >= 15 is 0 Å². The molecule has 0 saturated heterocycles. The summed E-state index contributed by atoms with van der Waals surface area (Å²) < 4.78 is 29.8. The van der Waals surface area contributed by atoms with Crippen LogP contribution in [-0.4, -0.2) is 23.0 Å². The molecule has 1 aliphatic heterocycles. The van der Waals surface area contributed by atoms with E-state index in [1.165, 1.54) is 12.3 Å². The predicted octanol–water partition coefficient (Wildman–Crippen LogP) is 1.44. The molecule has 22 heavy (non-hydrogen) atoms. The molecule has 0 unspecified atom stereocenters. The van der Waals surface area contributed by atoms with E-state index in [0.717, 1.165) is 31.6 Å². The summed E-state index contributed by atoms with van der Waals surface area (Å²) in [5.41, 5.74) is 6.36. The van der Waals surface area contributed by atoms with E-state index in [2.05, 4.69) is 35.2 Å². The number of nitrogens with two attached hydrogens (primary N) is 1. The molecule has 2 aromatic rings. The van der Waals surface area contributed by atoms with E-state index < -0.39 is 10.0 Å². The minimum atomic E-state index is -3.73. The summed E-state index contributed by atoms with van der Waals surface area (Å²) >= 11 is 3.20. The van der Waals surface area contributed by atoms with Crippen LogP contribution in [0.4, 0.5) is 5.82 Å². The Morgan fingerprint density at radius 3 is 3.00 bits per heavy atom. The molecule has 0 saturated carbocycles. The second kappa shape index (κ2) is 5.98. The topological polar surface area (TPSA) is 103 Å². The maximum atomic E-state index is 12.3. The second-order valence-corrected chi connectivity index (χ2v) is 7.81. The van der Waals surface area contributed by atoms with Crippen molar-refractivity contribution in [1.82, 2.24) is 19.3 Å². The smallest absolute Gasteiger partial charge is 0.244 e. The van der Waals surface area contributed by atoms with Crippen molar-refractivity contribution < 1.29 is 8.42 Å². The fourth-order valence-corrected chi connectivity index (χ4v) is 4.04. The second-order valence-electron chi connectivity index (χ2n) is 5.16. The zero-order chi connectivity index (χ0) is 15.7. The van der Waals surface area contributed by atoms with E-state index in [0.29, 0.717) is 10.2 Å². The monoisotopic (exact) mass is 385 g/mol. The van der Waals surface area contributed by atoms with Crippen LogP contribution in [0.15, 0.2) is 27.8 Å². The van der Waals surface area contributed by atoms with Gasteiger partial charge >= 0.3 is 0 Å². The van der Waals surface area contributed by atoms with E-state index in [1.807, 2.05) is 6.20 Å². The lowest BCUT2D eigenvalue weighted by Gasteiger charge is -2.11. The first kappa shape index (κ1) is 15.4. The third kappa shape index (κ3) is 3.16. The van der Waals surface area contributed by atoms with Gasteiger partial charge in [-0.25, -0.2) is 23.1 Å². The third-order valence-corrected chi connectivity index (χ3v) is 5.40. The molecular weight excluding hydrogens is 370 g/mol. The molecule has 0 aromatic carbocycles. The predicted molar refractivity (Wildman–Crippen MR) is 85.5 cm³/mol. The van der Waals surface area contributed by atoms with E-state index in [9.17, 15) is 8.42 Å². The molecule has 0 atom stereocenters. The highest BCUT2D eigenvalue weighted by molar-refractivity contribution is 9.10. The molecule has 3 N–H and O–H groups in total. The van der Waals surface area contributed by atoms with E-state index in [4.69, 9.17) is 5.73 Å². The Bertz CT molecular complexity index is 779. The molecule has 3 heterocycles. The summed E-state index contributed by atoms with van der Waals surface area (Å²) in [5, 5.41) is 0. The van der Waals surface area contributed by atoms with Gasteiger partial charge in [-0.05, 0) is 34.8 Å². The lowest BCUT2D eigenvalue weighted by Crippen LogP contribution is -2.24. The summed E-state index contributed by atoms with van der Waals surface area (Å²) in [6.45, 7) is 1.08. The molecule has 0 bridgehead atoms. The van der Waals surface area contributed by atoms with Gasteiger partial charge in [-0.15, -0.1) is 0 Å². The van der Waals surface area contributed by atoms with Gasteiger partial charge in [-0.1, -0.05) is 0 Å². The summed E-state index contributed by atoms with van der Waals surface area (Å²) in [4.78, 5) is 8.28. The Balaban J connectivity index is 1.77. The van der Waals surface area contributed by atoms with Gasteiger partial charge in [0, 0.05) is 29.8 Å². The van der Waals surface area contributed by atoms with Crippen LogP contribution >= 0.6 is 15.9 Å². The summed E-state index contributed by atoms with van der Waals surface area (Å²) in [6.07, 6.45) is 6.56. The van der Waals surface area contributed by atoms with Crippen LogP contribution in [0.25, 0.3) is 0 Å². The average Bonchev–Trinajstić information content (AvgIpc) is 2.90. The average molecular weight is 386 g/mol. The fraction of sp³-hybridized carbons (Fsp3) is 0.385. The summed E-state index contributed by atoms with van der Waals surface area (Å²) in [7, 11) is -3.73. The van der Waals surface area contributed by atoms with Crippen LogP contribution in [0.1, 0.15) is 24.4 Å². The molecule has 0 aliphatic carbocycles. The van der Waals surface area contributed by atoms with Crippen LogP contribution in [0, 0.1) is 0 Å². The van der Waals surface area contributed by atoms with Gasteiger partial charge in [0.05, 0.1) is 12.2 Å². The van der Waals surface area contributed by atoms with Crippen LogP contribution in [0.5, 0.6) is 0 Å². The minimum absolute atomic E-state index is 0.0279. The van der Waals surface area contributed by atoms with Crippen LogP contribution in [-0.2, 0) is 29.5 Å². The van der Waals surface area contributed by atoms with Crippen molar-refractivity contribution in [1.29, 1.82) is 0 Å². The quantitative estimate of drug-likeness (QED) is 0.828. The number of fused-ring (bicyclic) bond motifs is 1. The molecule has 118 valence electrons. The Kier molecular flexibility index (Phi) is 4.20. The number of halogens is 1. The lowest BCUT2D eigenvalue weighted by atomic mass is 10.2.